The fraction of sp³-hybridized carbons (Fsp3) is 0.429. The summed E-state index contributed by atoms with van der Waals surface area (Å²) in [4.78, 5) is 31.2. The summed E-state index contributed by atoms with van der Waals surface area (Å²) in [6.07, 6.45) is 0. The molecule has 2 aliphatic rings. The Morgan fingerprint density at radius 2 is 2.10 bits per heavy atom. The van der Waals surface area contributed by atoms with Gasteiger partial charge >= 0.3 is 5.97 Å². The highest BCUT2D eigenvalue weighted by atomic mass is 16.7. The van der Waals surface area contributed by atoms with Gasteiger partial charge in [-0.25, -0.2) is 4.79 Å². The van der Waals surface area contributed by atoms with Crippen molar-refractivity contribution in [3.05, 3.63) is 35.9 Å². The van der Waals surface area contributed by atoms with Crippen LogP contribution in [0, 0.1) is 0 Å². The highest BCUT2D eigenvalue weighted by molar-refractivity contribution is 5.89. The second-order valence-corrected chi connectivity index (χ2v) is 5.01. The van der Waals surface area contributed by atoms with Crippen molar-refractivity contribution in [3.63, 3.8) is 0 Å². The molecule has 1 unspecified atom stereocenters. The predicted molar refractivity (Wildman–Crippen MR) is 71.8 cm³/mol. The van der Waals surface area contributed by atoms with Gasteiger partial charge in [0.25, 0.3) is 0 Å². The number of carbonyl (C=O) groups excluding carboxylic acids is 2. The van der Waals surface area contributed by atoms with Crippen LogP contribution in [0.2, 0.25) is 0 Å². The molecule has 2 fully saturated rings. The molecule has 0 bridgehead atoms. The Bertz CT molecular complexity index is 506. The first kappa shape index (κ1) is 13.1. The number of piperazine rings is 2. The SMILES string of the molecule is O=C(ON1CC(=O)N2CCNCC2C1)c1ccccc1. The Balaban J connectivity index is 1.64. The summed E-state index contributed by atoms with van der Waals surface area (Å²) in [5, 5.41) is 4.71. The number of hydrogen-bond acceptors (Lipinski definition) is 5. The van der Waals surface area contributed by atoms with Crippen LogP contribution in [0.4, 0.5) is 0 Å². The molecule has 1 amide bonds. The molecule has 6 nitrogen and oxygen atoms in total. The number of hydroxylamine groups is 2. The molecule has 3 rings (SSSR count). The average Bonchev–Trinajstić information content (AvgIpc) is 2.48. The maximum absolute atomic E-state index is 12.0. The van der Waals surface area contributed by atoms with Crippen LogP contribution in [-0.2, 0) is 9.63 Å². The van der Waals surface area contributed by atoms with Gasteiger partial charge in [-0.1, -0.05) is 18.2 Å². The third-order valence-corrected chi connectivity index (χ3v) is 3.62. The lowest BCUT2D eigenvalue weighted by atomic mass is 10.1. The lowest BCUT2D eigenvalue weighted by Gasteiger charge is -2.42. The Morgan fingerprint density at radius 3 is 2.90 bits per heavy atom. The van der Waals surface area contributed by atoms with E-state index in [0.717, 1.165) is 19.6 Å². The monoisotopic (exact) mass is 275 g/mol. The first-order valence-electron chi connectivity index (χ1n) is 6.76. The summed E-state index contributed by atoms with van der Waals surface area (Å²) in [6.45, 7) is 2.98. The second-order valence-electron chi connectivity index (χ2n) is 5.01. The van der Waals surface area contributed by atoms with Crippen LogP contribution in [0.1, 0.15) is 10.4 Å². The molecule has 1 N–H and O–H groups in total. The number of nitrogens with zero attached hydrogens (tertiary/aromatic N) is 2. The number of rotatable bonds is 2. The third kappa shape index (κ3) is 2.66. The smallest absolute Gasteiger partial charge is 0.357 e. The molecule has 20 heavy (non-hydrogen) atoms. The van der Waals surface area contributed by atoms with Gasteiger partial charge in [0.05, 0.1) is 18.2 Å². The minimum atomic E-state index is -0.421. The largest absolute Gasteiger partial charge is 0.363 e. The Morgan fingerprint density at radius 1 is 1.30 bits per heavy atom. The van der Waals surface area contributed by atoms with Crippen LogP contribution in [0.15, 0.2) is 30.3 Å². The van der Waals surface area contributed by atoms with E-state index in [0.29, 0.717) is 12.1 Å². The van der Waals surface area contributed by atoms with Gasteiger partial charge in [0, 0.05) is 19.6 Å². The lowest BCUT2D eigenvalue weighted by Crippen LogP contribution is -2.63. The molecule has 2 aliphatic heterocycles. The van der Waals surface area contributed by atoms with Crippen LogP contribution < -0.4 is 5.32 Å². The van der Waals surface area contributed by atoms with E-state index in [4.69, 9.17) is 4.84 Å². The standard InChI is InChI=1S/C14H17N3O3/c18-13-10-16(9-12-8-15-6-7-17(12)13)20-14(19)11-4-2-1-3-5-11/h1-5,12,15H,6-10H2. The number of nitrogens with one attached hydrogen (secondary N) is 1. The van der Waals surface area contributed by atoms with E-state index in [2.05, 4.69) is 5.32 Å². The molecule has 2 heterocycles. The average molecular weight is 275 g/mol. The molecule has 0 saturated carbocycles. The molecule has 0 spiro atoms. The van der Waals surface area contributed by atoms with Crippen molar-refractivity contribution in [3.8, 4) is 0 Å². The van der Waals surface area contributed by atoms with Gasteiger partial charge < -0.3 is 15.1 Å². The summed E-state index contributed by atoms with van der Waals surface area (Å²) < 4.78 is 0. The molecule has 0 aromatic heterocycles. The van der Waals surface area contributed by atoms with Gasteiger partial charge in [0.2, 0.25) is 5.91 Å². The van der Waals surface area contributed by atoms with Crippen LogP contribution in [0.5, 0.6) is 0 Å². The topological polar surface area (TPSA) is 61.9 Å². The summed E-state index contributed by atoms with van der Waals surface area (Å²) in [5.41, 5.74) is 0.490. The molecule has 0 radical (unpaired) electrons. The van der Waals surface area contributed by atoms with Crippen molar-refractivity contribution in [2.24, 2.45) is 0 Å². The maximum atomic E-state index is 12.0. The summed E-state index contributed by atoms with van der Waals surface area (Å²) in [5.74, 6) is -0.403. The Kier molecular flexibility index (Phi) is 3.66. The van der Waals surface area contributed by atoms with E-state index in [9.17, 15) is 9.59 Å². The van der Waals surface area contributed by atoms with Crippen LogP contribution >= 0.6 is 0 Å². The van der Waals surface area contributed by atoms with Gasteiger partial charge in [-0.3, -0.25) is 4.79 Å². The minimum absolute atomic E-state index is 0.0172. The second kappa shape index (κ2) is 5.60. The first-order valence-corrected chi connectivity index (χ1v) is 6.76. The zero-order chi connectivity index (χ0) is 13.9. The van der Waals surface area contributed by atoms with E-state index >= 15 is 0 Å². The predicted octanol–water partition coefficient (Wildman–Crippen LogP) is -0.126. The maximum Gasteiger partial charge on any atom is 0.357 e. The first-order chi connectivity index (χ1) is 9.74. The van der Waals surface area contributed by atoms with Crippen LogP contribution in [0.3, 0.4) is 0 Å². The number of fused-ring (bicyclic) bond motifs is 1. The zero-order valence-corrected chi connectivity index (χ0v) is 11.1. The van der Waals surface area contributed by atoms with Crippen LogP contribution in [-0.4, -0.2) is 60.6 Å². The number of carbonyl (C=O) groups is 2. The van der Waals surface area contributed by atoms with E-state index in [1.54, 1.807) is 24.3 Å². The lowest BCUT2D eigenvalue weighted by molar-refractivity contribution is -0.171. The fourth-order valence-electron chi connectivity index (χ4n) is 2.61. The highest BCUT2D eigenvalue weighted by Crippen LogP contribution is 2.14. The van der Waals surface area contributed by atoms with Crippen molar-refractivity contribution in [2.75, 3.05) is 32.7 Å². The summed E-state index contributed by atoms with van der Waals surface area (Å²) in [6, 6.07) is 8.88. The van der Waals surface area contributed by atoms with E-state index < -0.39 is 5.97 Å². The molecular formula is C14H17N3O3. The van der Waals surface area contributed by atoms with Crippen molar-refractivity contribution >= 4 is 11.9 Å². The quantitative estimate of drug-likeness (QED) is 0.815. The van der Waals surface area contributed by atoms with Crippen molar-refractivity contribution in [2.45, 2.75) is 6.04 Å². The van der Waals surface area contributed by atoms with E-state index in [-0.39, 0.29) is 18.5 Å². The van der Waals surface area contributed by atoms with Crippen molar-refractivity contribution < 1.29 is 14.4 Å². The number of benzene rings is 1. The number of hydrogen-bond donors (Lipinski definition) is 1. The molecular weight excluding hydrogens is 258 g/mol. The molecule has 0 aliphatic carbocycles. The Hall–Kier alpha value is -1.92. The van der Waals surface area contributed by atoms with Gasteiger partial charge in [0.15, 0.2) is 0 Å². The third-order valence-electron chi connectivity index (χ3n) is 3.62. The Labute approximate surface area is 117 Å². The van der Waals surface area contributed by atoms with Crippen LogP contribution in [0.25, 0.3) is 0 Å². The molecule has 106 valence electrons. The minimum Gasteiger partial charge on any atom is -0.363 e. The molecule has 1 atom stereocenters. The molecule has 6 heteroatoms. The van der Waals surface area contributed by atoms with Crippen molar-refractivity contribution in [1.29, 1.82) is 0 Å². The molecule has 1 aromatic carbocycles. The normalized spacial score (nSPS) is 23.3. The van der Waals surface area contributed by atoms with E-state index in [1.165, 1.54) is 5.06 Å². The number of amides is 1. The van der Waals surface area contributed by atoms with Crippen molar-refractivity contribution in [1.82, 2.24) is 15.3 Å². The zero-order valence-electron chi connectivity index (χ0n) is 11.1. The van der Waals surface area contributed by atoms with Gasteiger partial charge in [-0.05, 0) is 12.1 Å². The highest BCUT2D eigenvalue weighted by Gasteiger charge is 2.35. The van der Waals surface area contributed by atoms with Gasteiger partial charge in [0.1, 0.15) is 6.54 Å². The van der Waals surface area contributed by atoms with Gasteiger partial charge in [-0.2, -0.15) is 0 Å². The van der Waals surface area contributed by atoms with E-state index in [1.807, 2.05) is 11.0 Å². The summed E-state index contributed by atoms with van der Waals surface area (Å²) in [7, 11) is 0. The summed E-state index contributed by atoms with van der Waals surface area (Å²) >= 11 is 0. The molecule has 1 aromatic rings. The van der Waals surface area contributed by atoms with Gasteiger partial charge in [-0.15, -0.1) is 5.06 Å². The molecule has 2 saturated heterocycles. The fourth-order valence-corrected chi connectivity index (χ4v) is 2.61.